The monoisotopic (exact) mass is 567 g/mol. The van der Waals surface area contributed by atoms with Gasteiger partial charge in [-0.25, -0.2) is 5.43 Å². The fraction of sp³-hybridized carbons (Fsp3) is 0.375. The molecule has 0 fully saturated rings. The lowest BCUT2D eigenvalue weighted by molar-refractivity contribution is -0.130. The van der Waals surface area contributed by atoms with Crippen LogP contribution >= 0.6 is 22.6 Å². The third kappa shape index (κ3) is 8.56. The third-order valence-electron chi connectivity index (χ3n) is 4.55. The predicted molar refractivity (Wildman–Crippen MR) is 136 cm³/mol. The zero-order valence-electron chi connectivity index (χ0n) is 19.2. The fourth-order valence-electron chi connectivity index (χ4n) is 2.98. The minimum Gasteiger partial charge on any atom is -0.504 e. The highest BCUT2D eigenvalue weighted by Crippen LogP contribution is 2.32. The first kappa shape index (κ1) is 26.4. The lowest BCUT2D eigenvalue weighted by Crippen LogP contribution is -2.47. The number of rotatable bonds is 11. The highest BCUT2D eigenvalue weighted by atomic mass is 127. The molecule has 3 N–H and O–H groups in total. The molecule has 0 aromatic heterocycles. The molecule has 2 aromatic carbocycles. The van der Waals surface area contributed by atoms with E-state index in [0.29, 0.717) is 33.7 Å². The van der Waals surface area contributed by atoms with Gasteiger partial charge in [0.05, 0.1) is 16.4 Å². The molecule has 8 nitrogen and oxygen atoms in total. The molecule has 0 aliphatic carbocycles. The van der Waals surface area contributed by atoms with Crippen molar-refractivity contribution in [1.82, 2.24) is 10.7 Å². The van der Waals surface area contributed by atoms with Crippen LogP contribution in [0, 0.1) is 16.4 Å². The molecule has 0 spiro atoms. The number of hydrazone groups is 1. The molecular weight excluding hydrogens is 537 g/mol. The summed E-state index contributed by atoms with van der Waals surface area (Å²) in [6.45, 7) is 7.86. The van der Waals surface area contributed by atoms with Gasteiger partial charge in [0.2, 0.25) is 0 Å². The van der Waals surface area contributed by atoms with E-state index in [1.165, 1.54) is 6.21 Å². The summed E-state index contributed by atoms with van der Waals surface area (Å²) in [6, 6.07) is 10.00. The Kier molecular flexibility index (Phi) is 10.4. The van der Waals surface area contributed by atoms with Crippen molar-refractivity contribution in [3.05, 3.63) is 51.1 Å². The molecule has 0 aliphatic heterocycles. The quantitative estimate of drug-likeness (QED) is 0.218. The number of carbonyl (C=O) groups is 2. The Morgan fingerprint density at radius 2 is 1.91 bits per heavy atom. The van der Waals surface area contributed by atoms with Crippen molar-refractivity contribution < 1.29 is 24.2 Å². The van der Waals surface area contributed by atoms with Crippen LogP contribution in [-0.2, 0) is 9.59 Å². The molecule has 0 aliphatic rings. The number of aryl methyl sites for hydroxylation is 1. The molecule has 2 aromatic rings. The van der Waals surface area contributed by atoms with Gasteiger partial charge < -0.3 is 19.9 Å². The number of amides is 2. The van der Waals surface area contributed by atoms with Crippen molar-refractivity contribution in [3.8, 4) is 17.2 Å². The van der Waals surface area contributed by atoms with Gasteiger partial charge in [0.1, 0.15) is 11.8 Å². The number of phenolic OH excluding ortho intramolecular Hbond substituents is 1. The standard InChI is InChI=1S/C24H30IN3O5/c1-5-32-21-12-17(11-18(25)23(21)30)13-26-28-24(31)19(10-15(2)3)27-22(29)14-33-20-9-7-6-8-16(20)4/h6-9,11-13,15,19,30H,5,10,14H2,1-4H3,(H,27,29)(H,28,31)/b26-13-/t19-/m0/s1. The number of carbonyl (C=O) groups excluding carboxylic acids is 2. The second-order valence-electron chi connectivity index (χ2n) is 7.82. The number of nitrogens with zero attached hydrogens (tertiary/aromatic N) is 1. The van der Waals surface area contributed by atoms with Crippen molar-refractivity contribution in [2.24, 2.45) is 11.0 Å². The van der Waals surface area contributed by atoms with Gasteiger partial charge in [-0.3, -0.25) is 9.59 Å². The zero-order chi connectivity index (χ0) is 24.4. The number of hydrogen-bond donors (Lipinski definition) is 3. The molecule has 1 atom stereocenters. The fourth-order valence-corrected chi connectivity index (χ4v) is 3.61. The number of ether oxygens (including phenoxy) is 2. The maximum atomic E-state index is 12.7. The number of phenols is 1. The largest absolute Gasteiger partial charge is 0.504 e. The molecule has 2 rings (SSSR count). The summed E-state index contributed by atoms with van der Waals surface area (Å²) in [5, 5.41) is 16.8. The summed E-state index contributed by atoms with van der Waals surface area (Å²) in [5.74, 6) is 0.383. The smallest absolute Gasteiger partial charge is 0.262 e. The summed E-state index contributed by atoms with van der Waals surface area (Å²) >= 11 is 1.99. The minimum absolute atomic E-state index is 0.0614. The van der Waals surface area contributed by atoms with Crippen molar-refractivity contribution in [1.29, 1.82) is 0 Å². The molecule has 0 saturated heterocycles. The molecule has 0 unspecified atom stereocenters. The van der Waals surface area contributed by atoms with Crippen LogP contribution in [0.4, 0.5) is 0 Å². The lowest BCUT2D eigenvalue weighted by atomic mass is 10.0. The highest BCUT2D eigenvalue weighted by molar-refractivity contribution is 14.1. The summed E-state index contributed by atoms with van der Waals surface area (Å²) in [4.78, 5) is 25.1. The maximum absolute atomic E-state index is 12.7. The van der Waals surface area contributed by atoms with Crippen LogP contribution in [0.5, 0.6) is 17.2 Å². The molecule has 9 heteroatoms. The Morgan fingerprint density at radius 3 is 2.58 bits per heavy atom. The van der Waals surface area contributed by atoms with Crippen LogP contribution in [-0.4, -0.2) is 42.4 Å². The number of aromatic hydroxyl groups is 1. The Labute approximate surface area is 207 Å². The average molecular weight is 567 g/mol. The van der Waals surface area contributed by atoms with Crippen molar-refractivity contribution >= 4 is 40.6 Å². The van der Waals surface area contributed by atoms with E-state index in [-0.39, 0.29) is 18.3 Å². The lowest BCUT2D eigenvalue weighted by Gasteiger charge is -2.19. The molecular formula is C24H30IN3O5. The van der Waals surface area contributed by atoms with E-state index in [1.54, 1.807) is 18.2 Å². The van der Waals surface area contributed by atoms with E-state index < -0.39 is 17.9 Å². The second kappa shape index (κ2) is 13.0. The van der Waals surface area contributed by atoms with Crippen molar-refractivity contribution in [2.45, 2.75) is 40.2 Å². The van der Waals surface area contributed by atoms with Crippen molar-refractivity contribution in [3.63, 3.8) is 0 Å². The number of nitrogens with one attached hydrogen (secondary N) is 2. The SMILES string of the molecule is CCOc1cc(/C=N\NC(=O)[C@H](CC(C)C)NC(=O)COc2ccccc2C)cc(I)c1O. The van der Waals surface area contributed by atoms with Gasteiger partial charge in [0.15, 0.2) is 18.1 Å². The Hall–Kier alpha value is -2.82. The number of halogens is 1. The molecule has 33 heavy (non-hydrogen) atoms. The summed E-state index contributed by atoms with van der Waals surface area (Å²) in [6.07, 6.45) is 1.90. The summed E-state index contributed by atoms with van der Waals surface area (Å²) < 4.78 is 11.6. The normalized spacial score (nSPS) is 11.9. The molecule has 0 radical (unpaired) electrons. The zero-order valence-corrected chi connectivity index (χ0v) is 21.4. The number of hydrogen-bond acceptors (Lipinski definition) is 6. The van der Waals surface area contributed by atoms with Crippen LogP contribution in [0.25, 0.3) is 0 Å². The summed E-state index contributed by atoms with van der Waals surface area (Å²) in [7, 11) is 0. The Bertz CT molecular complexity index is 994. The predicted octanol–water partition coefficient (Wildman–Crippen LogP) is 3.76. The van der Waals surface area contributed by atoms with E-state index >= 15 is 0 Å². The van der Waals surface area contributed by atoms with Gasteiger partial charge in [-0.05, 0) is 78.1 Å². The Morgan fingerprint density at radius 1 is 1.18 bits per heavy atom. The van der Waals surface area contributed by atoms with E-state index in [9.17, 15) is 14.7 Å². The van der Waals surface area contributed by atoms with Gasteiger partial charge in [-0.15, -0.1) is 0 Å². The number of benzene rings is 2. The molecule has 0 bridgehead atoms. The van der Waals surface area contributed by atoms with Crippen LogP contribution in [0.3, 0.4) is 0 Å². The van der Waals surface area contributed by atoms with Gasteiger partial charge in [-0.2, -0.15) is 5.10 Å². The second-order valence-corrected chi connectivity index (χ2v) is 8.98. The van der Waals surface area contributed by atoms with Crippen LogP contribution in [0.2, 0.25) is 0 Å². The summed E-state index contributed by atoms with van der Waals surface area (Å²) in [5.41, 5.74) is 4.05. The van der Waals surface area contributed by atoms with Crippen molar-refractivity contribution in [2.75, 3.05) is 13.2 Å². The van der Waals surface area contributed by atoms with E-state index in [4.69, 9.17) is 9.47 Å². The van der Waals surface area contributed by atoms with Crippen LogP contribution < -0.4 is 20.2 Å². The van der Waals surface area contributed by atoms with Crippen LogP contribution in [0.15, 0.2) is 41.5 Å². The van der Waals surface area contributed by atoms with Gasteiger partial charge in [0, 0.05) is 0 Å². The highest BCUT2D eigenvalue weighted by Gasteiger charge is 2.22. The van der Waals surface area contributed by atoms with Gasteiger partial charge in [-0.1, -0.05) is 32.0 Å². The first-order chi connectivity index (χ1) is 15.7. The van der Waals surface area contributed by atoms with Gasteiger partial charge >= 0.3 is 0 Å². The average Bonchev–Trinajstić information content (AvgIpc) is 2.76. The Balaban J connectivity index is 1.99. The molecule has 2 amide bonds. The third-order valence-corrected chi connectivity index (χ3v) is 5.37. The van der Waals surface area contributed by atoms with E-state index in [2.05, 4.69) is 15.8 Å². The first-order valence-electron chi connectivity index (χ1n) is 10.7. The molecule has 0 saturated carbocycles. The number of para-hydroxylation sites is 1. The minimum atomic E-state index is -0.756. The molecule has 0 heterocycles. The van der Waals surface area contributed by atoms with Gasteiger partial charge in [0.25, 0.3) is 11.8 Å². The van der Waals surface area contributed by atoms with E-state index in [0.717, 1.165) is 5.56 Å². The van der Waals surface area contributed by atoms with Crippen LogP contribution in [0.1, 0.15) is 38.3 Å². The maximum Gasteiger partial charge on any atom is 0.262 e. The molecule has 178 valence electrons. The topological polar surface area (TPSA) is 109 Å². The van der Waals surface area contributed by atoms with E-state index in [1.807, 2.05) is 68.5 Å². The first-order valence-corrected chi connectivity index (χ1v) is 11.7.